The summed E-state index contributed by atoms with van der Waals surface area (Å²) in [6.45, 7) is 0.707. The summed E-state index contributed by atoms with van der Waals surface area (Å²) >= 11 is 0. The molecule has 0 aliphatic rings. The number of nitrogens with two attached hydrogens (primary N) is 2. The van der Waals surface area contributed by atoms with Gasteiger partial charge >= 0.3 is 0 Å². The van der Waals surface area contributed by atoms with E-state index in [1.807, 2.05) is 0 Å². The van der Waals surface area contributed by atoms with Gasteiger partial charge in [-0.1, -0.05) is 0 Å². The van der Waals surface area contributed by atoms with Gasteiger partial charge in [-0.3, -0.25) is 0 Å². The molecule has 0 aliphatic heterocycles. The van der Waals surface area contributed by atoms with Crippen molar-refractivity contribution in [1.82, 2.24) is 0 Å². The first-order chi connectivity index (χ1) is 4.31. The summed E-state index contributed by atoms with van der Waals surface area (Å²) in [5.74, 6) is 2.51. The SMILES string of the molecule is C#CCC(N)CCCN. The first kappa shape index (κ1) is 8.48. The van der Waals surface area contributed by atoms with E-state index in [0.717, 1.165) is 12.8 Å². The maximum atomic E-state index is 5.57. The summed E-state index contributed by atoms with van der Waals surface area (Å²) in [4.78, 5) is 0. The summed E-state index contributed by atoms with van der Waals surface area (Å²) in [7, 11) is 0. The van der Waals surface area contributed by atoms with E-state index in [2.05, 4.69) is 5.92 Å². The van der Waals surface area contributed by atoms with Crippen LogP contribution in [0.2, 0.25) is 0 Å². The number of hydrogen-bond donors (Lipinski definition) is 2. The Kier molecular flexibility index (Phi) is 5.29. The van der Waals surface area contributed by atoms with E-state index in [1.165, 1.54) is 0 Å². The summed E-state index contributed by atoms with van der Waals surface area (Å²) in [5.41, 5.74) is 10.8. The standard InChI is InChI=1S/C7H14N2/c1-2-4-7(9)5-3-6-8/h1,7H,3-6,8-9H2. The van der Waals surface area contributed by atoms with Gasteiger partial charge in [-0.05, 0) is 19.4 Å². The van der Waals surface area contributed by atoms with Crippen molar-refractivity contribution in [3.63, 3.8) is 0 Å². The molecular weight excluding hydrogens is 112 g/mol. The molecule has 0 aromatic rings. The van der Waals surface area contributed by atoms with E-state index >= 15 is 0 Å². The zero-order chi connectivity index (χ0) is 7.11. The summed E-state index contributed by atoms with van der Waals surface area (Å²) in [5, 5.41) is 0. The Morgan fingerprint density at radius 2 is 2.22 bits per heavy atom. The Morgan fingerprint density at radius 1 is 1.56 bits per heavy atom. The van der Waals surface area contributed by atoms with Crippen LogP contribution in [0.1, 0.15) is 19.3 Å². The minimum atomic E-state index is 0.151. The van der Waals surface area contributed by atoms with E-state index in [1.54, 1.807) is 0 Å². The molecule has 0 saturated carbocycles. The minimum Gasteiger partial charge on any atom is -0.330 e. The van der Waals surface area contributed by atoms with Gasteiger partial charge in [-0.25, -0.2) is 0 Å². The normalized spacial score (nSPS) is 12.6. The number of terminal acetylenes is 1. The first-order valence-electron chi connectivity index (χ1n) is 3.20. The van der Waals surface area contributed by atoms with Crippen LogP contribution >= 0.6 is 0 Å². The highest BCUT2D eigenvalue weighted by Gasteiger charge is 1.96. The molecule has 1 atom stereocenters. The molecular formula is C7H14N2. The highest BCUT2D eigenvalue weighted by Crippen LogP contribution is 1.95. The molecule has 0 bridgehead atoms. The second-order valence-electron chi connectivity index (χ2n) is 2.10. The first-order valence-corrected chi connectivity index (χ1v) is 3.20. The quantitative estimate of drug-likeness (QED) is 0.524. The predicted molar refractivity (Wildman–Crippen MR) is 39.7 cm³/mol. The maximum absolute atomic E-state index is 5.57. The zero-order valence-electron chi connectivity index (χ0n) is 5.64. The molecule has 0 spiro atoms. The molecule has 0 aromatic carbocycles. The van der Waals surface area contributed by atoms with E-state index in [9.17, 15) is 0 Å². The summed E-state index contributed by atoms with van der Waals surface area (Å²) in [6.07, 6.45) is 7.63. The van der Waals surface area contributed by atoms with Crippen LogP contribution in [0.3, 0.4) is 0 Å². The van der Waals surface area contributed by atoms with Gasteiger partial charge in [0.15, 0.2) is 0 Å². The van der Waals surface area contributed by atoms with Crippen molar-refractivity contribution >= 4 is 0 Å². The summed E-state index contributed by atoms with van der Waals surface area (Å²) in [6, 6.07) is 0.151. The highest BCUT2D eigenvalue weighted by atomic mass is 14.6. The van der Waals surface area contributed by atoms with Crippen LogP contribution in [0.4, 0.5) is 0 Å². The molecule has 0 radical (unpaired) electrons. The van der Waals surface area contributed by atoms with Crippen LogP contribution in [-0.2, 0) is 0 Å². The fourth-order valence-corrected chi connectivity index (χ4v) is 0.633. The van der Waals surface area contributed by atoms with Gasteiger partial charge in [0.2, 0.25) is 0 Å². The van der Waals surface area contributed by atoms with Crippen molar-refractivity contribution in [3.8, 4) is 12.3 Å². The zero-order valence-corrected chi connectivity index (χ0v) is 5.64. The highest BCUT2D eigenvalue weighted by molar-refractivity contribution is 4.88. The van der Waals surface area contributed by atoms with Crippen molar-refractivity contribution in [3.05, 3.63) is 0 Å². The Bertz CT molecular complexity index is 93.6. The van der Waals surface area contributed by atoms with Gasteiger partial charge < -0.3 is 11.5 Å². The van der Waals surface area contributed by atoms with E-state index in [-0.39, 0.29) is 6.04 Å². The van der Waals surface area contributed by atoms with E-state index in [4.69, 9.17) is 17.9 Å². The molecule has 9 heavy (non-hydrogen) atoms. The van der Waals surface area contributed by atoms with Crippen molar-refractivity contribution < 1.29 is 0 Å². The fraction of sp³-hybridized carbons (Fsp3) is 0.714. The molecule has 52 valence electrons. The molecule has 0 aromatic heterocycles. The molecule has 0 fully saturated rings. The van der Waals surface area contributed by atoms with Crippen LogP contribution in [0, 0.1) is 12.3 Å². The Balaban J connectivity index is 3.08. The van der Waals surface area contributed by atoms with E-state index < -0.39 is 0 Å². The second-order valence-corrected chi connectivity index (χ2v) is 2.10. The molecule has 2 heteroatoms. The van der Waals surface area contributed by atoms with Gasteiger partial charge in [-0.15, -0.1) is 12.3 Å². The lowest BCUT2D eigenvalue weighted by Gasteiger charge is -2.04. The largest absolute Gasteiger partial charge is 0.330 e. The smallest absolute Gasteiger partial charge is 0.0238 e. The van der Waals surface area contributed by atoms with Crippen LogP contribution in [0.25, 0.3) is 0 Å². The van der Waals surface area contributed by atoms with Gasteiger partial charge in [0, 0.05) is 12.5 Å². The lowest BCUT2D eigenvalue weighted by Crippen LogP contribution is -2.20. The molecule has 0 rings (SSSR count). The predicted octanol–water partition coefficient (Wildman–Crippen LogP) is 0.0759. The third kappa shape index (κ3) is 5.35. The fourth-order valence-electron chi connectivity index (χ4n) is 0.633. The van der Waals surface area contributed by atoms with Crippen molar-refractivity contribution in [2.75, 3.05) is 6.54 Å². The van der Waals surface area contributed by atoms with Gasteiger partial charge in [0.1, 0.15) is 0 Å². The molecule has 0 heterocycles. The Morgan fingerprint density at radius 3 is 2.67 bits per heavy atom. The van der Waals surface area contributed by atoms with Crippen molar-refractivity contribution in [1.29, 1.82) is 0 Å². The van der Waals surface area contributed by atoms with Crippen LogP contribution in [-0.4, -0.2) is 12.6 Å². The lowest BCUT2D eigenvalue weighted by atomic mass is 10.1. The molecule has 2 nitrogen and oxygen atoms in total. The Labute approximate surface area is 56.6 Å². The maximum Gasteiger partial charge on any atom is 0.0238 e. The topological polar surface area (TPSA) is 52.0 Å². The third-order valence-corrected chi connectivity index (χ3v) is 1.16. The van der Waals surface area contributed by atoms with Gasteiger partial charge in [-0.2, -0.15) is 0 Å². The minimum absolute atomic E-state index is 0.151. The molecule has 4 N–H and O–H groups in total. The van der Waals surface area contributed by atoms with Gasteiger partial charge in [0.05, 0.1) is 0 Å². The monoisotopic (exact) mass is 126 g/mol. The molecule has 0 amide bonds. The average molecular weight is 126 g/mol. The molecule has 0 saturated heterocycles. The van der Waals surface area contributed by atoms with Crippen LogP contribution in [0.5, 0.6) is 0 Å². The van der Waals surface area contributed by atoms with Crippen molar-refractivity contribution in [2.24, 2.45) is 11.5 Å². The number of rotatable bonds is 4. The van der Waals surface area contributed by atoms with Gasteiger partial charge in [0.25, 0.3) is 0 Å². The molecule has 0 aliphatic carbocycles. The lowest BCUT2D eigenvalue weighted by molar-refractivity contribution is 0.600. The van der Waals surface area contributed by atoms with Crippen LogP contribution in [0.15, 0.2) is 0 Å². The van der Waals surface area contributed by atoms with E-state index in [0.29, 0.717) is 13.0 Å². The summed E-state index contributed by atoms with van der Waals surface area (Å²) < 4.78 is 0. The average Bonchev–Trinajstić information content (AvgIpc) is 1.85. The Hall–Kier alpha value is -0.520. The second kappa shape index (κ2) is 5.61. The molecule has 1 unspecified atom stereocenters. The third-order valence-electron chi connectivity index (χ3n) is 1.16. The van der Waals surface area contributed by atoms with Crippen molar-refractivity contribution in [2.45, 2.75) is 25.3 Å². The van der Waals surface area contributed by atoms with Crippen LogP contribution < -0.4 is 11.5 Å². The number of hydrogen-bond acceptors (Lipinski definition) is 2.